The van der Waals surface area contributed by atoms with Crippen LogP contribution >= 0.6 is 0 Å². The third-order valence-electron chi connectivity index (χ3n) is 2.38. The minimum absolute atomic E-state index is 0.0310. The Kier molecular flexibility index (Phi) is 4.63. The molecule has 0 fully saturated rings. The number of amides is 1. The molecule has 0 saturated heterocycles. The van der Waals surface area contributed by atoms with Crippen LogP contribution in [-0.2, 0) is 0 Å². The summed E-state index contributed by atoms with van der Waals surface area (Å²) in [4.78, 5) is 11.7. The van der Waals surface area contributed by atoms with Gasteiger partial charge < -0.3 is 20.3 Å². The van der Waals surface area contributed by atoms with Crippen molar-refractivity contribution in [3.8, 4) is 5.75 Å². The Morgan fingerprint density at radius 3 is 2.78 bits per heavy atom. The van der Waals surface area contributed by atoms with Crippen LogP contribution < -0.4 is 10.1 Å². The Hall–Kier alpha value is -1.66. The third-order valence-corrected chi connectivity index (χ3v) is 2.38. The number of hydrogen-bond acceptors (Lipinski definition) is 4. The van der Waals surface area contributed by atoms with E-state index in [1.54, 1.807) is 0 Å². The van der Waals surface area contributed by atoms with Crippen LogP contribution in [0, 0.1) is 5.82 Å². The maximum Gasteiger partial charge on any atom is 0.251 e. The highest BCUT2D eigenvalue weighted by Crippen LogP contribution is 2.18. The molecule has 100 valence electrons. The summed E-state index contributed by atoms with van der Waals surface area (Å²) in [5, 5.41) is 20.8. The highest BCUT2D eigenvalue weighted by Gasteiger charge is 2.20. The van der Waals surface area contributed by atoms with Crippen molar-refractivity contribution in [2.45, 2.75) is 12.5 Å². The summed E-state index contributed by atoms with van der Waals surface area (Å²) >= 11 is 0. The van der Waals surface area contributed by atoms with Crippen molar-refractivity contribution in [1.29, 1.82) is 0 Å². The lowest BCUT2D eigenvalue weighted by molar-refractivity contribution is 0.00320. The van der Waals surface area contributed by atoms with Gasteiger partial charge in [-0.05, 0) is 25.1 Å². The van der Waals surface area contributed by atoms with E-state index in [1.807, 2.05) is 0 Å². The second-order valence-corrected chi connectivity index (χ2v) is 4.19. The van der Waals surface area contributed by atoms with E-state index in [9.17, 15) is 14.3 Å². The molecule has 0 aliphatic heterocycles. The summed E-state index contributed by atoms with van der Waals surface area (Å²) in [5.74, 6) is -1.07. The van der Waals surface area contributed by atoms with E-state index < -0.39 is 23.9 Å². The lowest BCUT2D eigenvalue weighted by Crippen LogP contribution is -2.43. The maximum absolute atomic E-state index is 13.1. The van der Waals surface area contributed by atoms with Crippen LogP contribution in [0.1, 0.15) is 17.3 Å². The Bertz CT molecular complexity index is 434. The van der Waals surface area contributed by atoms with Crippen molar-refractivity contribution in [2.75, 3.05) is 20.3 Å². The highest BCUT2D eigenvalue weighted by molar-refractivity contribution is 5.94. The molecule has 1 aromatic carbocycles. The standard InChI is InChI=1S/C12H16FNO4/c1-12(17,7-15)6-14-11(16)8-3-4-9(13)10(5-8)18-2/h3-5,15,17H,6-7H2,1-2H3,(H,14,16). The molecule has 0 aromatic heterocycles. The molecule has 1 unspecified atom stereocenters. The molecule has 0 heterocycles. The van der Waals surface area contributed by atoms with Crippen LogP contribution in [0.4, 0.5) is 4.39 Å². The van der Waals surface area contributed by atoms with E-state index in [0.717, 1.165) is 6.07 Å². The van der Waals surface area contributed by atoms with Gasteiger partial charge in [0, 0.05) is 12.1 Å². The van der Waals surface area contributed by atoms with Crippen molar-refractivity contribution in [3.05, 3.63) is 29.6 Å². The number of halogens is 1. The summed E-state index contributed by atoms with van der Waals surface area (Å²) in [7, 11) is 1.30. The molecule has 3 N–H and O–H groups in total. The summed E-state index contributed by atoms with van der Waals surface area (Å²) in [6.45, 7) is 0.806. The number of rotatable bonds is 5. The zero-order valence-corrected chi connectivity index (χ0v) is 10.2. The van der Waals surface area contributed by atoms with Crippen molar-refractivity contribution in [1.82, 2.24) is 5.32 Å². The minimum atomic E-state index is -1.39. The number of methoxy groups -OCH3 is 1. The molecule has 1 rings (SSSR count). The van der Waals surface area contributed by atoms with Crippen LogP contribution in [-0.4, -0.2) is 42.0 Å². The molecule has 18 heavy (non-hydrogen) atoms. The lowest BCUT2D eigenvalue weighted by Gasteiger charge is -2.20. The van der Waals surface area contributed by atoms with Crippen LogP contribution in [0.15, 0.2) is 18.2 Å². The van der Waals surface area contributed by atoms with Gasteiger partial charge in [0.15, 0.2) is 11.6 Å². The second-order valence-electron chi connectivity index (χ2n) is 4.19. The lowest BCUT2D eigenvalue weighted by atomic mass is 10.1. The molecule has 1 atom stereocenters. The Morgan fingerprint density at radius 2 is 2.22 bits per heavy atom. The van der Waals surface area contributed by atoms with Crippen molar-refractivity contribution in [2.24, 2.45) is 0 Å². The zero-order valence-electron chi connectivity index (χ0n) is 10.2. The molecule has 0 radical (unpaired) electrons. The van der Waals surface area contributed by atoms with Crippen LogP contribution in [0.5, 0.6) is 5.75 Å². The Labute approximate surface area is 104 Å². The van der Waals surface area contributed by atoms with Crippen molar-refractivity contribution < 1.29 is 24.1 Å². The number of carbonyl (C=O) groups excluding carboxylic acids is 1. The number of nitrogens with one attached hydrogen (secondary N) is 1. The molecule has 1 amide bonds. The van der Waals surface area contributed by atoms with Gasteiger partial charge in [-0.25, -0.2) is 4.39 Å². The SMILES string of the molecule is COc1cc(C(=O)NCC(C)(O)CO)ccc1F. The van der Waals surface area contributed by atoms with E-state index >= 15 is 0 Å². The van der Waals surface area contributed by atoms with E-state index in [2.05, 4.69) is 5.32 Å². The number of aliphatic hydroxyl groups excluding tert-OH is 1. The molecule has 0 aliphatic carbocycles. The fourth-order valence-corrected chi connectivity index (χ4v) is 1.23. The quantitative estimate of drug-likeness (QED) is 0.709. The van der Waals surface area contributed by atoms with E-state index in [1.165, 1.54) is 26.2 Å². The predicted molar refractivity (Wildman–Crippen MR) is 63.0 cm³/mol. The topological polar surface area (TPSA) is 78.8 Å². The molecule has 5 nitrogen and oxygen atoms in total. The summed E-state index contributed by atoms with van der Waals surface area (Å²) < 4.78 is 17.9. The molecule has 0 bridgehead atoms. The molecular formula is C12H16FNO4. The largest absolute Gasteiger partial charge is 0.494 e. The van der Waals surface area contributed by atoms with Crippen molar-refractivity contribution >= 4 is 5.91 Å². The van der Waals surface area contributed by atoms with Gasteiger partial charge >= 0.3 is 0 Å². The molecule has 0 aliphatic rings. The maximum atomic E-state index is 13.1. The number of hydrogen-bond donors (Lipinski definition) is 3. The van der Waals surface area contributed by atoms with E-state index in [0.29, 0.717) is 0 Å². The fourth-order valence-electron chi connectivity index (χ4n) is 1.23. The fraction of sp³-hybridized carbons (Fsp3) is 0.417. The number of ether oxygens (including phenoxy) is 1. The van der Waals surface area contributed by atoms with E-state index in [4.69, 9.17) is 9.84 Å². The normalized spacial score (nSPS) is 13.8. The number of aliphatic hydroxyl groups is 2. The van der Waals surface area contributed by atoms with Gasteiger partial charge in [-0.15, -0.1) is 0 Å². The monoisotopic (exact) mass is 257 g/mol. The van der Waals surface area contributed by atoms with Gasteiger partial charge in [0.1, 0.15) is 5.60 Å². The first kappa shape index (κ1) is 14.4. The molecule has 1 aromatic rings. The Balaban J connectivity index is 2.73. The average Bonchev–Trinajstić information content (AvgIpc) is 2.36. The predicted octanol–water partition coefficient (Wildman–Crippen LogP) is 0.307. The first-order valence-corrected chi connectivity index (χ1v) is 5.34. The first-order valence-electron chi connectivity index (χ1n) is 5.34. The highest BCUT2D eigenvalue weighted by atomic mass is 19.1. The number of carbonyl (C=O) groups is 1. The summed E-state index contributed by atoms with van der Waals surface area (Å²) in [6, 6.07) is 3.69. The van der Waals surface area contributed by atoms with Crippen LogP contribution in [0.25, 0.3) is 0 Å². The first-order chi connectivity index (χ1) is 8.39. The molecule has 0 spiro atoms. The number of benzene rings is 1. The van der Waals surface area contributed by atoms with Crippen LogP contribution in [0.3, 0.4) is 0 Å². The van der Waals surface area contributed by atoms with Gasteiger partial charge in [-0.3, -0.25) is 4.79 Å². The van der Waals surface area contributed by atoms with Crippen molar-refractivity contribution in [3.63, 3.8) is 0 Å². The zero-order chi connectivity index (χ0) is 13.8. The van der Waals surface area contributed by atoms with Gasteiger partial charge in [0.25, 0.3) is 5.91 Å². The van der Waals surface area contributed by atoms with Gasteiger partial charge in [-0.2, -0.15) is 0 Å². The van der Waals surface area contributed by atoms with Crippen LogP contribution in [0.2, 0.25) is 0 Å². The second kappa shape index (κ2) is 5.79. The average molecular weight is 257 g/mol. The molecule has 0 saturated carbocycles. The Morgan fingerprint density at radius 1 is 1.56 bits per heavy atom. The summed E-state index contributed by atoms with van der Waals surface area (Å²) in [6.07, 6.45) is 0. The summed E-state index contributed by atoms with van der Waals surface area (Å²) in [5.41, 5.74) is -1.18. The molecular weight excluding hydrogens is 241 g/mol. The van der Waals surface area contributed by atoms with Gasteiger partial charge in [0.2, 0.25) is 0 Å². The minimum Gasteiger partial charge on any atom is -0.494 e. The smallest absolute Gasteiger partial charge is 0.251 e. The van der Waals surface area contributed by atoms with E-state index in [-0.39, 0.29) is 17.9 Å². The van der Waals surface area contributed by atoms with Gasteiger partial charge in [0.05, 0.1) is 13.7 Å². The van der Waals surface area contributed by atoms with Gasteiger partial charge in [-0.1, -0.05) is 0 Å². The molecule has 6 heteroatoms. The third kappa shape index (κ3) is 3.68.